The SMILES string of the molecule is Nc1n[nH]c2ccc([C@@H]3Nc4ccc5[nH]cnc5c4[C@H]4[C@@H]5CC[C@@H](C5)[C@H]43)cc12. The fourth-order valence-electron chi connectivity index (χ4n) is 6.55. The van der Waals surface area contributed by atoms with Gasteiger partial charge in [-0.15, -0.1) is 0 Å². The Morgan fingerprint density at radius 2 is 1.93 bits per heavy atom. The molecule has 2 bridgehead atoms. The summed E-state index contributed by atoms with van der Waals surface area (Å²) in [4.78, 5) is 7.99. The number of aromatic amines is 2. The number of nitrogens with two attached hydrogens (primary N) is 1. The third-order valence-corrected chi connectivity index (χ3v) is 7.62. The van der Waals surface area contributed by atoms with Crippen LogP contribution < -0.4 is 11.1 Å². The predicted octanol–water partition coefficient (Wildman–Crippen LogP) is 4.32. The van der Waals surface area contributed by atoms with Gasteiger partial charge in [0.05, 0.1) is 28.9 Å². The molecule has 0 unspecified atom stereocenters. The van der Waals surface area contributed by atoms with Gasteiger partial charge in [-0.3, -0.25) is 5.10 Å². The van der Waals surface area contributed by atoms with Crippen LogP contribution in [-0.4, -0.2) is 20.2 Å². The van der Waals surface area contributed by atoms with Crippen LogP contribution in [0.1, 0.15) is 42.3 Å². The molecule has 0 amide bonds. The van der Waals surface area contributed by atoms with Crippen molar-refractivity contribution in [2.75, 3.05) is 11.1 Å². The summed E-state index contributed by atoms with van der Waals surface area (Å²) in [5, 5.41) is 12.1. The summed E-state index contributed by atoms with van der Waals surface area (Å²) in [7, 11) is 0. The Bertz CT molecular complexity index is 1240. The molecule has 3 aliphatic rings. The van der Waals surface area contributed by atoms with E-state index in [1.165, 1.54) is 36.1 Å². The Labute approximate surface area is 161 Å². The lowest BCUT2D eigenvalue weighted by Crippen LogP contribution is -2.35. The van der Waals surface area contributed by atoms with Gasteiger partial charge in [0.15, 0.2) is 5.82 Å². The Kier molecular flexibility index (Phi) is 2.71. The first kappa shape index (κ1) is 15.0. The van der Waals surface area contributed by atoms with Crippen LogP contribution in [0.3, 0.4) is 0 Å². The van der Waals surface area contributed by atoms with E-state index < -0.39 is 0 Å². The highest BCUT2D eigenvalue weighted by Gasteiger charge is 2.54. The molecule has 0 spiro atoms. The van der Waals surface area contributed by atoms with Crippen molar-refractivity contribution in [3.8, 4) is 0 Å². The summed E-state index contributed by atoms with van der Waals surface area (Å²) < 4.78 is 0. The van der Waals surface area contributed by atoms with Crippen LogP contribution in [0.5, 0.6) is 0 Å². The van der Waals surface area contributed by atoms with E-state index in [0.717, 1.165) is 33.8 Å². The minimum Gasteiger partial charge on any atom is -0.382 e. The summed E-state index contributed by atoms with van der Waals surface area (Å²) in [6, 6.07) is 11.3. The molecular weight excluding hydrogens is 348 g/mol. The number of imidazole rings is 1. The number of H-pyrrole nitrogens is 2. The van der Waals surface area contributed by atoms with Gasteiger partial charge in [-0.05, 0) is 72.8 Å². The standard InChI is InChI=1S/C22H22N6/c23-22-13-8-12(3-4-14(13)27-28-22)20-18-11-2-1-10(7-11)17(18)19-15(26-20)5-6-16-21(19)25-9-24-16/h3-6,8-11,17-18,20,26H,1-2,7H2,(H,24,25)(H3,23,27,28)/t10-,11+,17+,18-,20+/m1/s1. The average Bonchev–Trinajstić information content (AvgIpc) is 3.51. The van der Waals surface area contributed by atoms with Crippen molar-refractivity contribution in [1.82, 2.24) is 20.2 Å². The second-order valence-electron chi connectivity index (χ2n) is 8.80. The van der Waals surface area contributed by atoms with Crippen LogP contribution >= 0.6 is 0 Å². The highest BCUT2D eigenvalue weighted by molar-refractivity contribution is 5.90. The minimum atomic E-state index is 0.308. The van der Waals surface area contributed by atoms with Crippen molar-refractivity contribution in [3.05, 3.63) is 47.8 Å². The Hall–Kier alpha value is -3.02. The molecule has 28 heavy (non-hydrogen) atoms. The number of nitrogens with zero attached hydrogens (tertiary/aromatic N) is 2. The van der Waals surface area contributed by atoms with E-state index in [2.05, 4.69) is 50.8 Å². The van der Waals surface area contributed by atoms with Crippen LogP contribution in [0, 0.1) is 17.8 Å². The third kappa shape index (κ3) is 1.78. The van der Waals surface area contributed by atoms with Gasteiger partial charge in [-0.1, -0.05) is 6.07 Å². The summed E-state index contributed by atoms with van der Waals surface area (Å²) in [5.74, 6) is 3.34. The fraction of sp³-hybridized carbons (Fsp3) is 0.364. The first-order valence-electron chi connectivity index (χ1n) is 10.2. The maximum Gasteiger partial charge on any atom is 0.153 e. The number of nitrogens with one attached hydrogen (secondary N) is 3. The molecule has 2 saturated carbocycles. The number of benzene rings is 2. The molecule has 4 aromatic rings. The maximum absolute atomic E-state index is 6.09. The van der Waals surface area contributed by atoms with E-state index >= 15 is 0 Å². The number of hydrogen-bond acceptors (Lipinski definition) is 4. The third-order valence-electron chi connectivity index (χ3n) is 7.62. The van der Waals surface area contributed by atoms with E-state index in [4.69, 9.17) is 10.7 Å². The lowest BCUT2D eigenvalue weighted by molar-refractivity contribution is 0.249. The molecule has 5 atom stereocenters. The Balaban J connectivity index is 1.44. The van der Waals surface area contributed by atoms with Gasteiger partial charge in [-0.2, -0.15) is 5.10 Å². The van der Waals surface area contributed by atoms with Gasteiger partial charge >= 0.3 is 0 Å². The topological polar surface area (TPSA) is 95.4 Å². The van der Waals surface area contributed by atoms with Crippen LogP contribution in [0.2, 0.25) is 0 Å². The van der Waals surface area contributed by atoms with Gasteiger partial charge in [0.25, 0.3) is 0 Å². The molecule has 2 aliphatic carbocycles. The average molecular weight is 370 g/mol. The zero-order valence-electron chi connectivity index (χ0n) is 15.4. The quantitative estimate of drug-likeness (QED) is 0.401. The first-order valence-corrected chi connectivity index (χ1v) is 10.2. The number of nitrogen functional groups attached to an aromatic ring is 1. The van der Waals surface area contributed by atoms with Crippen molar-refractivity contribution in [2.24, 2.45) is 17.8 Å². The van der Waals surface area contributed by atoms with E-state index in [9.17, 15) is 0 Å². The normalized spacial score (nSPS) is 30.5. The molecular formula is C22H22N6. The highest BCUT2D eigenvalue weighted by atomic mass is 15.1. The summed E-state index contributed by atoms with van der Waals surface area (Å²) in [6.07, 6.45) is 5.89. The lowest BCUT2D eigenvalue weighted by Gasteiger charge is -2.43. The summed E-state index contributed by atoms with van der Waals surface area (Å²) in [6.45, 7) is 0. The molecule has 2 fully saturated rings. The molecule has 0 radical (unpaired) electrons. The van der Waals surface area contributed by atoms with Gasteiger partial charge < -0.3 is 16.0 Å². The monoisotopic (exact) mass is 370 g/mol. The molecule has 140 valence electrons. The van der Waals surface area contributed by atoms with Gasteiger partial charge in [0.1, 0.15) is 0 Å². The van der Waals surface area contributed by atoms with Gasteiger partial charge in [0.2, 0.25) is 0 Å². The molecule has 6 heteroatoms. The maximum atomic E-state index is 6.09. The second kappa shape index (κ2) is 5.07. The molecule has 3 heterocycles. The lowest BCUT2D eigenvalue weighted by atomic mass is 9.67. The highest BCUT2D eigenvalue weighted by Crippen LogP contribution is 2.64. The molecule has 6 nitrogen and oxygen atoms in total. The molecule has 5 N–H and O–H groups in total. The number of hydrogen-bond donors (Lipinski definition) is 4. The van der Waals surface area contributed by atoms with Crippen molar-refractivity contribution >= 4 is 33.4 Å². The minimum absolute atomic E-state index is 0.308. The molecule has 2 aromatic heterocycles. The zero-order chi connectivity index (χ0) is 18.4. The smallest absolute Gasteiger partial charge is 0.153 e. The van der Waals surface area contributed by atoms with Gasteiger partial charge in [0, 0.05) is 16.6 Å². The Morgan fingerprint density at radius 1 is 1.04 bits per heavy atom. The van der Waals surface area contributed by atoms with Crippen molar-refractivity contribution in [2.45, 2.75) is 31.2 Å². The number of aromatic nitrogens is 4. The van der Waals surface area contributed by atoms with E-state index in [-0.39, 0.29) is 0 Å². The summed E-state index contributed by atoms with van der Waals surface area (Å²) in [5.41, 5.74) is 13.4. The van der Waals surface area contributed by atoms with Crippen LogP contribution in [-0.2, 0) is 0 Å². The van der Waals surface area contributed by atoms with Crippen LogP contribution in [0.25, 0.3) is 21.9 Å². The number of fused-ring (bicyclic) bond motifs is 10. The Morgan fingerprint density at radius 3 is 2.89 bits per heavy atom. The van der Waals surface area contributed by atoms with Crippen molar-refractivity contribution < 1.29 is 0 Å². The second-order valence-corrected chi connectivity index (χ2v) is 8.80. The van der Waals surface area contributed by atoms with Crippen LogP contribution in [0.15, 0.2) is 36.7 Å². The first-order chi connectivity index (χ1) is 13.8. The number of rotatable bonds is 1. The van der Waals surface area contributed by atoms with Crippen LogP contribution in [0.4, 0.5) is 11.5 Å². The van der Waals surface area contributed by atoms with E-state index in [1.807, 2.05) is 6.33 Å². The molecule has 0 saturated heterocycles. The van der Waals surface area contributed by atoms with Gasteiger partial charge in [-0.25, -0.2) is 4.98 Å². The molecule has 7 rings (SSSR count). The number of anilines is 2. The summed E-state index contributed by atoms with van der Waals surface area (Å²) >= 11 is 0. The predicted molar refractivity (Wildman–Crippen MR) is 110 cm³/mol. The zero-order valence-corrected chi connectivity index (χ0v) is 15.4. The largest absolute Gasteiger partial charge is 0.382 e. The van der Waals surface area contributed by atoms with E-state index in [0.29, 0.717) is 23.7 Å². The van der Waals surface area contributed by atoms with Crippen molar-refractivity contribution in [1.29, 1.82) is 0 Å². The molecule has 1 aliphatic heterocycles. The van der Waals surface area contributed by atoms with E-state index in [1.54, 1.807) is 0 Å². The van der Waals surface area contributed by atoms with Crippen molar-refractivity contribution in [3.63, 3.8) is 0 Å². The fourth-order valence-corrected chi connectivity index (χ4v) is 6.55. The molecule has 2 aromatic carbocycles.